The van der Waals surface area contributed by atoms with Crippen LogP contribution in [-0.4, -0.2) is 26.4 Å². The van der Waals surface area contributed by atoms with Gasteiger partial charge in [0.25, 0.3) is 0 Å². The van der Waals surface area contributed by atoms with Crippen molar-refractivity contribution in [3.63, 3.8) is 0 Å². The van der Waals surface area contributed by atoms with Crippen molar-refractivity contribution in [2.24, 2.45) is 45.3 Å². The lowest BCUT2D eigenvalue weighted by atomic mass is 9.63. The molecule has 2 rings (SSSR count). The van der Waals surface area contributed by atoms with E-state index in [1.807, 2.05) is 0 Å². The quantitative estimate of drug-likeness (QED) is 0.446. The van der Waals surface area contributed by atoms with Gasteiger partial charge in [-0.2, -0.15) is 0 Å². The number of rotatable bonds is 0. The van der Waals surface area contributed by atoms with Gasteiger partial charge in [0.2, 0.25) is 0 Å². The van der Waals surface area contributed by atoms with Gasteiger partial charge in [0.15, 0.2) is 0 Å². The summed E-state index contributed by atoms with van der Waals surface area (Å²) in [5.74, 6) is 2.94. The van der Waals surface area contributed by atoms with Gasteiger partial charge in [-0.05, 0) is 51.8 Å². The molecule has 0 bridgehead atoms. The maximum atomic E-state index is 5.63. The van der Waals surface area contributed by atoms with Gasteiger partial charge in [-0.15, -0.1) is 0 Å². The van der Waals surface area contributed by atoms with E-state index < -0.39 is 0 Å². The Morgan fingerprint density at radius 2 is 0.741 bits per heavy atom. The molecule has 27 heavy (non-hydrogen) atoms. The van der Waals surface area contributed by atoms with Gasteiger partial charge >= 0.3 is 0 Å². The van der Waals surface area contributed by atoms with Crippen LogP contribution in [0.1, 0.15) is 89.5 Å². The normalized spacial score (nSPS) is 30.7. The van der Waals surface area contributed by atoms with Crippen LogP contribution in [0.4, 0.5) is 0 Å². The van der Waals surface area contributed by atoms with Crippen LogP contribution in [0.15, 0.2) is 0 Å². The van der Waals surface area contributed by atoms with E-state index in [0.29, 0.717) is 39.4 Å². The van der Waals surface area contributed by atoms with Crippen LogP contribution in [-0.2, 0) is 9.47 Å². The molecule has 0 aromatic carbocycles. The van der Waals surface area contributed by atoms with E-state index in [0.717, 1.165) is 32.3 Å². The molecule has 2 nitrogen and oxygen atoms in total. The molecule has 0 aromatic heterocycles. The molecule has 2 heteroatoms. The molecule has 162 valence electrons. The number of ether oxygens (including phenoxy) is 2. The molecule has 0 N–H and O–H groups in total. The third-order valence-corrected chi connectivity index (χ3v) is 6.89. The highest BCUT2D eigenvalue weighted by Crippen LogP contribution is 2.45. The van der Waals surface area contributed by atoms with E-state index in [4.69, 9.17) is 9.47 Å². The minimum atomic E-state index is 0.373. The molecular formula is C25H50O2. The fraction of sp³-hybridized carbons (Fsp3) is 1.00. The second-order valence-corrected chi connectivity index (χ2v) is 13.3. The van der Waals surface area contributed by atoms with E-state index >= 15 is 0 Å². The van der Waals surface area contributed by atoms with Crippen molar-refractivity contribution in [2.75, 3.05) is 26.4 Å². The van der Waals surface area contributed by atoms with Crippen molar-refractivity contribution in [3.05, 3.63) is 0 Å². The van der Waals surface area contributed by atoms with Crippen molar-refractivity contribution in [2.45, 2.75) is 89.5 Å². The molecule has 0 aromatic rings. The second kappa shape index (κ2) is 8.74. The molecule has 0 spiro atoms. The third-order valence-electron chi connectivity index (χ3n) is 6.89. The first kappa shape index (κ1) is 25.0. The Hall–Kier alpha value is -0.0800. The van der Waals surface area contributed by atoms with Crippen LogP contribution in [0.5, 0.6) is 0 Å². The Labute approximate surface area is 171 Å². The maximum absolute atomic E-state index is 5.63. The largest absolute Gasteiger partial charge is 0.381 e. The molecule has 0 saturated carbocycles. The van der Waals surface area contributed by atoms with Gasteiger partial charge in [-0.25, -0.2) is 0 Å². The van der Waals surface area contributed by atoms with Crippen LogP contribution >= 0.6 is 0 Å². The molecule has 0 amide bonds. The SMILES string of the molecule is CC(C)(C)C1CCOCC1C(C)(C)C.CC(C)(C)C1COCC1C(C)(C)C. The minimum absolute atomic E-state index is 0.373. The van der Waals surface area contributed by atoms with Gasteiger partial charge in [-0.1, -0.05) is 83.1 Å². The summed E-state index contributed by atoms with van der Waals surface area (Å²) in [5, 5.41) is 0. The third kappa shape index (κ3) is 7.35. The predicted molar refractivity (Wildman–Crippen MR) is 118 cm³/mol. The minimum Gasteiger partial charge on any atom is -0.381 e. The first-order valence-corrected chi connectivity index (χ1v) is 11.1. The van der Waals surface area contributed by atoms with Crippen LogP contribution in [0.25, 0.3) is 0 Å². The summed E-state index contributed by atoms with van der Waals surface area (Å²) in [6, 6.07) is 0. The predicted octanol–water partition coefficient (Wildman–Crippen LogP) is 7.07. The summed E-state index contributed by atoms with van der Waals surface area (Å²) < 4.78 is 11.3. The second-order valence-electron chi connectivity index (χ2n) is 13.3. The van der Waals surface area contributed by atoms with Gasteiger partial charge in [0.1, 0.15) is 0 Å². The zero-order valence-corrected chi connectivity index (χ0v) is 20.7. The Balaban J connectivity index is 0.000000271. The van der Waals surface area contributed by atoms with E-state index in [9.17, 15) is 0 Å². The topological polar surface area (TPSA) is 18.5 Å². The van der Waals surface area contributed by atoms with E-state index in [1.165, 1.54) is 6.42 Å². The van der Waals surface area contributed by atoms with Crippen LogP contribution < -0.4 is 0 Å². The molecule has 2 fully saturated rings. The molecular weight excluding hydrogens is 332 g/mol. The van der Waals surface area contributed by atoms with Crippen molar-refractivity contribution >= 4 is 0 Å². The first-order valence-electron chi connectivity index (χ1n) is 11.1. The van der Waals surface area contributed by atoms with Gasteiger partial charge in [0, 0.05) is 6.61 Å². The maximum Gasteiger partial charge on any atom is 0.0503 e. The summed E-state index contributed by atoms with van der Waals surface area (Å²) in [6.07, 6.45) is 1.23. The molecule has 0 aliphatic carbocycles. The Morgan fingerprint density at radius 3 is 1.04 bits per heavy atom. The van der Waals surface area contributed by atoms with Crippen molar-refractivity contribution in [3.8, 4) is 0 Å². The summed E-state index contributed by atoms with van der Waals surface area (Å²) in [5.41, 5.74) is 1.56. The fourth-order valence-electron chi connectivity index (χ4n) is 4.89. The van der Waals surface area contributed by atoms with Crippen LogP contribution in [0.2, 0.25) is 0 Å². The summed E-state index contributed by atoms with van der Waals surface area (Å²) in [4.78, 5) is 0. The average Bonchev–Trinajstić information content (AvgIpc) is 2.96. The number of hydrogen-bond donors (Lipinski definition) is 0. The highest BCUT2D eigenvalue weighted by atomic mass is 16.5. The van der Waals surface area contributed by atoms with Crippen molar-refractivity contribution < 1.29 is 9.47 Å². The smallest absolute Gasteiger partial charge is 0.0503 e. The van der Waals surface area contributed by atoms with Crippen molar-refractivity contribution in [1.82, 2.24) is 0 Å². The van der Waals surface area contributed by atoms with E-state index in [2.05, 4.69) is 83.1 Å². The Bertz CT molecular complexity index is 397. The molecule has 2 aliphatic rings. The van der Waals surface area contributed by atoms with Crippen LogP contribution in [0, 0.1) is 45.3 Å². The summed E-state index contributed by atoms with van der Waals surface area (Å²) >= 11 is 0. The molecule has 4 unspecified atom stereocenters. The molecule has 2 saturated heterocycles. The van der Waals surface area contributed by atoms with Gasteiger partial charge in [-0.3, -0.25) is 0 Å². The Kier molecular flexibility index (Phi) is 8.08. The lowest BCUT2D eigenvalue weighted by Crippen LogP contribution is -2.42. The zero-order valence-electron chi connectivity index (χ0n) is 20.7. The average molecular weight is 383 g/mol. The lowest BCUT2D eigenvalue weighted by molar-refractivity contribution is -0.0656. The lowest BCUT2D eigenvalue weighted by Gasteiger charge is -2.46. The standard InChI is InChI=1S/C13H26O.C12H24O/c1-12(2,3)10-7-8-14-9-11(10)13(4,5)6;1-11(2,3)9-7-13-8-10(9)12(4,5)6/h10-11H,7-9H2,1-6H3;9-10H,7-8H2,1-6H3. The van der Waals surface area contributed by atoms with Crippen molar-refractivity contribution in [1.29, 1.82) is 0 Å². The Morgan fingerprint density at radius 1 is 0.444 bits per heavy atom. The number of hydrogen-bond acceptors (Lipinski definition) is 2. The monoisotopic (exact) mass is 382 g/mol. The van der Waals surface area contributed by atoms with E-state index in [-0.39, 0.29) is 0 Å². The zero-order chi connectivity index (χ0) is 21.3. The highest BCUT2D eigenvalue weighted by Gasteiger charge is 2.42. The van der Waals surface area contributed by atoms with Crippen LogP contribution in [0.3, 0.4) is 0 Å². The summed E-state index contributed by atoms with van der Waals surface area (Å²) in [7, 11) is 0. The van der Waals surface area contributed by atoms with E-state index in [1.54, 1.807) is 0 Å². The van der Waals surface area contributed by atoms with Gasteiger partial charge in [0.05, 0.1) is 19.8 Å². The molecule has 2 heterocycles. The highest BCUT2D eigenvalue weighted by molar-refractivity contribution is 4.90. The molecule has 0 radical (unpaired) electrons. The molecule has 2 aliphatic heterocycles. The van der Waals surface area contributed by atoms with Gasteiger partial charge < -0.3 is 9.47 Å². The fourth-order valence-corrected chi connectivity index (χ4v) is 4.89. The summed E-state index contributed by atoms with van der Waals surface area (Å²) in [6.45, 7) is 31.9. The first-order chi connectivity index (χ1) is 12.0. The molecule has 4 atom stereocenters.